The molecular weight excluding hydrogens is 280 g/mol. The Labute approximate surface area is 122 Å². The van der Waals surface area contributed by atoms with Gasteiger partial charge in [0, 0.05) is 17.3 Å². The number of benzene rings is 1. The summed E-state index contributed by atoms with van der Waals surface area (Å²) in [6, 6.07) is 5.31. The molecule has 1 aliphatic heterocycles. The molecule has 2 amide bonds. The van der Waals surface area contributed by atoms with Gasteiger partial charge >= 0.3 is 6.09 Å². The summed E-state index contributed by atoms with van der Waals surface area (Å²) in [5.74, 6) is -0.530. The summed E-state index contributed by atoms with van der Waals surface area (Å²) in [6.45, 7) is 7.07. The molecule has 0 aliphatic carbocycles. The van der Waals surface area contributed by atoms with Crippen molar-refractivity contribution in [1.82, 2.24) is 0 Å². The van der Waals surface area contributed by atoms with Gasteiger partial charge in [0.2, 0.25) is 0 Å². The number of carbonyl (C=O) groups is 2. The third-order valence-electron chi connectivity index (χ3n) is 2.60. The maximum atomic E-state index is 12.0. The van der Waals surface area contributed by atoms with E-state index in [1.807, 2.05) is 13.0 Å². The Bertz CT molecular complexity index is 617. The molecule has 0 aromatic heterocycles. The van der Waals surface area contributed by atoms with E-state index in [4.69, 9.17) is 16.5 Å². The molecule has 1 aliphatic rings. The molecule has 0 fully saturated rings. The van der Waals surface area contributed by atoms with E-state index in [1.165, 1.54) is 0 Å². The van der Waals surface area contributed by atoms with Gasteiger partial charge in [-0.15, -0.1) is 0 Å². The van der Waals surface area contributed by atoms with E-state index < -0.39 is 17.6 Å². The summed E-state index contributed by atoms with van der Waals surface area (Å²) in [4.78, 5) is 27.5. The molecule has 1 heterocycles. The van der Waals surface area contributed by atoms with Crippen LogP contribution >= 0.6 is 11.8 Å². The van der Waals surface area contributed by atoms with E-state index in [1.54, 1.807) is 32.9 Å². The number of fused-ring (bicyclic) bond motifs is 1. The number of rotatable bonds is 0. The third kappa shape index (κ3) is 2.82. The van der Waals surface area contributed by atoms with Crippen molar-refractivity contribution in [1.29, 1.82) is 0 Å². The molecule has 1 aromatic rings. The number of nitrogens with zero attached hydrogens (tertiary/aromatic N) is 2. The molecule has 0 radical (unpaired) electrons. The highest BCUT2D eigenvalue weighted by Crippen LogP contribution is 2.31. The summed E-state index contributed by atoms with van der Waals surface area (Å²) in [6.07, 6.45) is -0.805. The highest BCUT2D eigenvalue weighted by molar-refractivity contribution is 6.63. The van der Waals surface area contributed by atoms with Crippen LogP contribution in [0.3, 0.4) is 0 Å². The number of carbonyl (C=O) groups excluding carboxylic acids is 2. The lowest BCUT2D eigenvalue weighted by molar-refractivity contribution is -0.111. The van der Waals surface area contributed by atoms with Gasteiger partial charge in [-0.25, -0.2) is 9.21 Å². The van der Waals surface area contributed by atoms with Gasteiger partial charge in [-0.1, -0.05) is 11.6 Å². The zero-order chi connectivity index (χ0) is 15.1. The fourth-order valence-electron chi connectivity index (χ4n) is 1.81. The van der Waals surface area contributed by atoms with Gasteiger partial charge in [0.1, 0.15) is 11.3 Å². The number of halogens is 1. The maximum absolute atomic E-state index is 12.0. The third-order valence-corrected chi connectivity index (χ3v) is 2.93. The Morgan fingerprint density at radius 1 is 1.35 bits per heavy atom. The first-order valence-corrected chi connectivity index (χ1v) is 6.46. The molecule has 106 valence electrons. The topological polar surface area (TPSA) is 59.0 Å². The number of anilines is 1. The number of hydrogen-bond donors (Lipinski definition) is 0. The van der Waals surface area contributed by atoms with Crippen LogP contribution in [0.4, 0.5) is 10.5 Å². The van der Waals surface area contributed by atoms with Gasteiger partial charge in [0.25, 0.3) is 5.91 Å². The first-order chi connectivity index (χ1) is 9.19. The molecule has 0 saturated heterocycles. The average molecular weight is 295 g/mol. The Balaban J connectivity index is 2.41. The zero-order valence-electron chi connectivity index (χ0n) is 11.7. The van der Waals surface area contributed by atoms with E-state index in [0.717, 1.165) is 9.98 Å². The molecule has 0 unspecified atom stereocenters. The molecule has 1 aromatic carbocycles. The Kier molecular flexibility index (Phi) is 3.56. The second-order valence-electron chi connectivity index (χ2n) is 5.55. The molecular formula is C14H15ClN2O3. The first kappa shape index (κ1) is 14.5. The van der Waals surface area contributed by atoms with Crippen LogP contribution in [0.25, 0.3) is 0 Å². The van der Waals surface area contributed by atoms with Crippen molar-refractivity contribution in [2.24, 2.45) is 4.99 Å². The molecule has 0 N–H and O–H groups in total. The SMILES string of the molecule is Cc1ccc2c(c1)/C(=N\C(=O)OC(C)(C)C)C(=O)N2Cl. The predicted octanol–water partition coefficient (Wildman–Crippen LogP) is 3.22. The lowest BCUT2D eigenvalue weighted by Gasteiger charge is -2.17. The summed E-state index contributed by atoms with van der Waals surface area (Å²) in [7, 11) is 0. The number of aryl methyl sites for hydroxylation is 1. The van der Waals surface area contributed by atoms with Crippen molar-refractivity contribution < 1.29 is 14.3 Å². The van der Waals surface area contributed by atoms with Crippen molar-refractivity contribution in [2.75, 3.05) is 4.42 Å². The van der Waals surface area contributed by atoms with Gasteiger partial charge in [0.05, 0.1) is 5.69 Å². The van der Waals surface area contributed by atoms with Crippen molar-refractivity contribution in [3.63, 3.8) is 0 Å². The van der Waals surface area contributed by atoms with E-state index in [2.05, 4.69) is 4.99 Å². The second kappa shape index (κ2) is 4.90. The largest absolute Gasteiger partial charge is 0.442 e. The fraction of sp³-hybridized carbons (Fsp3) is 0.357. The van der Waals surface area contributed by atoms with Crippen LogP contribution in [0.15, 0.2) is 23.2 Å². The molecule has 0 saturated carbocycles. The standard InChI is InChI=1S/C14H15ClN2O3/c1-8-5-6-10-9(7-8)11(12(18)17(10)15)16-13(19)20-14(2,3)4/h5-7H,1-4H3/b16-11+. The van der Waals surface area contributed by atoms with Crippen molar-refractivity contribution in [2.45, 2.75) is 33.3 Å². The minimum atomic E-state index is -0.805. The van der Waals surface area contributed by atoms with Crippen LogP contribution in [0.1, 0.15) is 31.9 Å². The lowest BCUT2D eigenvalue weighted by Crippen LogP contribution is -2.25. The summed E-state index contributed by atoms with van der Waals surface area (Å²) in [5.41, 5.74) is 1.34. The zero-order valence-corrected chi connectivity index (χ0v) is 12.5. The van der Waals surface area contributed by atoms with Crippen LogP contribution in [-0.2, 0) is 9.53 Å². The normalized spacial score (nSPS) is 16.6. The van der Waals surface area contributed by atoms with E-state index >= 15 is 0 Å². The monoisotopic (exact) mass is 294 g/mol. The Hall–Kier alpha value is -1.88. The number of aliphatic imine (C=N–C) groups is 1. The van der Waals surface area contributed by atoms with Crippen LogP contribution in [0.2, 0.25) is 0 Å². The summed E-state index contributed by atoms with van der Waals surface area (Å²) < 4.78 is 6.04. The van der Waals surface area contributed by atoms with Gasteiger partial charge in [-0.2, -0.15) is 4.99 Å². The maximum Gasteiger partial charge on any atom is 0.434 e. The second-order valence-corrected chi connectivity index (χ2v) is 5.89. The Morgan fingerprint density at radius 2 is 2.00 bits per heavy atom. The minimum Gasteiger partial charge on any atom is -0.442 e. The van der Waals surface area contributed by atoms with Crippen LogP contribution in [-0.4, -0.2) is 23.3 Å². The van der Waals surface area contributed by atoms with Crippen molar-refractivity contribution in [3.05, 3.63) is 29.3 Å². The quantitative estimate of drug-likeness (QED) is 0.690. The number of amides is 2. The van der Waals surface area contributed by atoms with Crippen LogP contribution < -0.4 is 4.42 Å². The predicted molar refractivity (Wildman–Crippen MR) is 77.3 cm³/mol. The summed E-state index contributed by atoms with van der Waals surface area (Å²) in [5, 5.41) is 0. The first-order valence-electron chi connectivity index (χ1n) is 6.12. The Morgan fingerprint density at radius 3 is 2.60 bits per heavy atom. The molecule has 0 spiro atoms. The van der Waals surface area contributed by atoms with E-state index in [-0.39, 0.29) is 5.71 Å². The average Bonchev–Trinajstić information content (AvgIpc) is 2.52. The number of ether oxygens (including phenoxy) is 1. The van der Waals surface area contributed by atoms with Crippen molar-refractivity contribution in [3.8, 4) is 0 Å². The highest BCUT2D eigenvalue weighted by atomic mass is 35.5. The molecule has 0 bridgehead atoms. The molecule has 5 nitrogen and oxygen atoms in total. The van der Waals surface area contributed by atoms with Crippen molar-refractivity contribution >= 4 is 35.2 Å². The van der Waals surface area contributed by atoms with Gasteiger partial charge in [-0.05, 0) is 39.8 Å². The van der Waals surface area contributed by atoms with Gasteiger partial charge < -0.3 is 4.74 Å². The highest BCUT2D eigenvalue weighted by Gasteiger charge is 2.34. The lowest BCUT2D eigenvalue weighted by atomic mass is 10.1. The molecule has 6 heteroatoms. The van der Waals surface area contributed by atoms with E-state index in [0.29, 0.717) is 11.3 Å². The van der Waals surface area contributed by atoms with Gasteiger partial charge in [0.15, 0.2) is 0 Å². The molecule has 20 heavy (non-hydrogen) atoms. The van der Waals surface area contributed by atoms with Crippen LogP contribution in [0.5, 0.6) is 0 Å². The smallest absolute Gasteiger partial charge is 0.434 e. The fourth-order valence-corrected chi connectivity index (χ4v) is 2.04. The molecule has 2 rings (SSSR count). The minimum absolute atomic E-state index is 0.00736. The summed E-state index contributed by atoms with van der Waals surface area (Å²) >= 11 is 5.91. The molecule has 0 atom stereocenters. The van der Waals surface area contributed by atoms with Gasteiger partial charge in [-0.3, -0.25) is 4.79 Å². The van der Waals surface area contributed by atoms with Crippen LogP contribution in [0, 0.1) is 6.92 Å². The number of hydrogen-bond acceptors (Lipinski definition) is 3. The van der Waals surface area contributed by atoms with E-state index in [9.17, 15) is 9.59 Å².